The van der Waals surface area contributed by atoms with Crippen LogP contribution < -0.4 is 20.9 Å². The number of aryl methyl sites for hydroxylation is 2. The highest BCUT2D eigenvalue weighted by molar-refractivity contribution is 7.80. The van der Waals surface area contributed by atoms with Crippen LogP contribution in [0.3, 0.4) is 0 Å². The molecular weight excluding hydrogens is 338 g/mol. The molecule has 7 heteroatoms. The third kappa shape index (κ3) is 6.23. The number of hydrogen-bond donors (Lipinski definition) is 3. The molecule has 0 aliphatic carbocycles. The molecule has 130 valence electrons. The van der Waals surface area contributed by atoms with Gasteiger partial charge in [-0.2, -0.15) is 0 Å². The van der Waals surface area contributed by atoms with Gasteiger partial charge in [0, 0.05) is 5.56 Å². The molecule has 0 aliphatic rings. The van der Waals surface area contributed by atoms with Crippen molar-refractivity contribution in [2.75, 3.05) is 6.61 Å². The van der Waals surface area contributed by atoms with E-state index in [-0.39, 0.29) is 17.6 Å². The van der Waals surface area contributed by atoms with Crippen molar-refractivity contribution in [3.63, 3.8) is 0 Å². The zero-order valence-corrected chi connectivity index (χ0v) is 14.8. The van der Waals surface area contributed by atoms with E-state index >= 15 is 0 Å². The van der Waals surface area contributed by atoms with E-state index in [1.807, 2.05) is 44.2 Å². The number of carbonyl (C=O) groups excluding carboxylic acids is 2. The van der Waals surface area contributed by atoms with E-state index in [1.54, 1.807) is 18.2 Å². The van der Waals surface area contributed by atoms with Gasteiger partial charge in [-0.05, 0) is 55.9 Å². The highest BCUT2D eigenvalue weighted by atomic mass is 32.1. The Hall–Kier alpha value is -2.93. The minimum Gasteiger partial charge on any atom is -0.484 e. The monoisotopic (exact) mass is 357 g/mol. The van der Waals surface area contributed by atoms with Crippen LogP contribution in [0.4, 0.5) is 0 Å². The molecule has 3 N–H and O–H groups in total. The Morgan fingerprint density at radius 1 is 1.00 bits per heavy atom. The number of rotatable bonds is 4. The van der Waals surface area contributed by atoms with E-state index in [0.29, 0.717) is 11.3 Å². The third-order valence-electron chi connectivity index (χ3n) is 3.22. The third-order valence-corrected chi connectivity index (χ3v) is 3.42. The molecule has 0 radical (unpaired) electrons. The first-order chi connectivity index (χ1) is 11.9. The molecule has 6 nitrogen and oxygen atoms in total. The Morgan fingerprint density at radius 2 is 1.72 bits per heavy atom. The van der Waals surface area contributed by atoms with Gasteiger partial charge >= 0.3 is 0 Å². The van der Waals surface area contributed by atoms with Gasteiger partial charge in [-0.15, -0.1) is 0 Å². The average Bonchev–Trinajstić information content (AvgIpc) is 2.58. The Bertz CT molecular complexity index is 775. The number of carbonyl (C=O) groups is 2. The molecule has 0 saturated carbocycles. The second-order valence-corrected chi connectivity index (χ2v) is 5.84. The first kappa shape index (κ1) is 18.4. The standard InChI is InChI=1S/C18H19N3O3S/c1-12-6-8-14(9-7-12)17(23)20-21-18(25)19-16(22)11-24-15-5-3-4-13(2)10-15/h3-10H,11H2,1-2H3,(H,20,23)(H2,19,21,22,25). The fourth-order valence-electron chi connectivity index (χ4n) is 1.94. The molecule has 0 atom stereocenters. The van der Waals surface area contributed by atoms with E-state index in [4.69, 9.17) is 17.0 Å². The van der Waals surface area contributed by atoms with Crippen LogP contribution in [0.25, 0.3) is 0 Å². The van der Waals surface area contributed by atoms with Gasteiger partial charge < -0.3 is 4.74 Å². The van der Waals surface area contributed by atoms with Gasteiger partial charge in [-0.1, -0.05) is 29.8 Å². The Kier molecular flexibility index (Phi) is 6.47. The summed E-state index contributed by atoms with van der Waals surface area (Å²) in [7, 11) is 0. The maximum absolute atomic E-state index is 11.9. The Morgan fingerprint density at radius 3 is 2.40 bits per heavy atom. The molecule has 0 saturated heterocycles. The first-order valence-corrected chi connectivity index (χ1v) is 8.01. The van der Waals surface area contributed by atoms with E-state index in [2.05, 4.69) is 16.2 Å². The molecule has 2 rings (SSSR count). The van der Waals surface area contributed by atoms with Crippen LogP contribution in [0, 0.1) is 13.8 Å². The molecule has 2 amide bonds. The molecule has 0 unspecified atom stereocenters. The molecule has 25 heavy (non-hydrogen) atoms. The summed E-state index contributed by atoms with van der Waals surface area (Å²) in [6, 6.07) is 14.4. The van der Waals surface area contributed by atoms with E-state index in [0.717, 1.165) is 11.1 Å². The minimum atomic E-state index is -0.427. The van der Waals surface area contributed by atoms with Crippen molar-refractivity contribution in [3.05, 3.63) is 65.2 Å². The van der Waals surface area contributed by atoms with Crippen LogP contribution in [0.2, 0.25) is 0 Å². The number of ether oxygens (including phenoxy) is 1. The topological polar surface area (TPSA) is 79.5 Å². The number of nitrogens with one attached hydrogen (secondary N) is 3. The van der Waals surface area contributed by atoms with Gasteiger partial charge in [0.1, 0.15) is 5.75 Å². The van der Waals surface area contributed by atoms with Gasteiger partial charge in [-0.3, -0.25) is 25.8 Å². The van der Waals surface area contributed by atoms with Crippen molar-refractivity contribution >= 4 is 29.1 Å². The van der Waals surface area contributed by atoms with Crippen LogP contribution >= 0.6 is 12.2 Å². The normalized spacial score (nSPS) is 9.84. The summed E-state index contributed by atoms with van der Waals surface area (Å²) in [4.78, 5) is 23.7. The van der Waals surface area contributed by atoms with Crippen molar-refractivity contribution in [1.29, 1.82) is 0 Å². The summed E-state index contributed by atoms with van der Waals surface area (Å²) in [5, 5.41) is 2.41. The fraction of sp³-hybridized carbons (Fsp3) is 0.167. The molecule has 0 spiro atoms. The maximum Gasteiger partial charge on any atom is 0.269 e. The van der Waals surface area contributed by atoms with Crippen molar-refractivity contribution in [3.8, 4) is 5.75 Å². The lowest BCUT2D eigenvalue weighted by Crippen LogP contribution is -2.49. The Labute approximate surface area is 151 Å². The van der Waals surface area contributed by atoms with E-state index in [1.165, 1.54) is 0 Å². The molecule has 0 aromatic heterocycles. The van der Waals surface area contributed by atoms with Crippen LogP contribution in [0.15, 0.2) is 48.5 Å². The van der Waals surface area contributed by atoms with Crippen molar-refractivity contribution in [2.45, 2.75) is 13.8 Å². The fourth-order valence-corrected chi connectivity index (χ4v) is 2.10. The lowest BCUT2D eigenvalue weighted by atomic mass is 10.1. The SMILES string of the molecule is Cc1ccc(C(=O)NNC(=S)NC(=O)COc2cccc(C)c2)cc1. The minimum absolute atomic E-state index is 0.0155. The van der Waals surface area contributed by atoms with Gasteiger partial charge in [-0.25, -0.2) is 0 Å². The quantitative estimate of drug-likeness (QED) is 0.576. The van der Waals surface area contributed by atoms with Gasteiger partial charge in [0.05, 0.1) is 0 Å². The number of benzene rings is 2. The summed E-state index contributed by atoms with van der Waals surface area (Å²) in [6.45, 7) is 3.68. The maximum atomic E-state index is 11.9. The van der Waals surface area contributed by atoms with Crippen molar-refractivity contribution in [2.24, 2.45) is 0 Å². The summed E-state index contributed by atoms with van der Waals surface area (Å²) in [5.41, 5.74) is 7.47. The van der Waals surface area contributed by atoms with Crippen LogP contribution in [-0.2, 0) is 4.79 Å². The predicted octanol–water partition coefficient (Wildman–Crippen LogP) is 2.02. The summed E-state index contributed by atoms with van der Waals surface area (Å²) in [6.07, 6.45) is 0. The molecule has 0 aliphatic heterocycles. The van der Waals surface area contributed by atoms with Crippen LogP contribution in [-0.4, -0.2) is 23.5 Å². The van der Waals surface area contributed by atoms with E-state index in [9.17, 15) is 9.59 Å². The number of hydrogen-bond acceptors (Lipinski definition) is 4. The molecule has 0 fully saturated rings. The second kappa shape index (κ2) is 8.79. The average molecular weight is 357 g/mol. The van der Waals surface area contributed by atoms with E-state index < -0.39 is 5.91 Å². The molecule has 2 aromatic rings. The molecular formula is C18H19N3O3S. The smallest absolute Gasteiger partial charge is 0.269 e. The van der Waals surface area contributed by atoms with Gasteiger partial charge in [0.25, 0.3) is 11.8 Å². The molecule has 0 heterocycles. The Balaban J connectivity index is 1.73. The van der Waals surface area contributed by atoms with Crippen LogP contribution in [0.1, 0.15) is 21.5 Å². The molecule has 0 bridgehead atoms. The van der Waals surface area contributed by atoms with Gasteiger partial charge in [0.2, 0.25) is 0 Å². The lowest BCUT2D eigenvalue weighted by Gasteiger charge is -2.11. The largest absolute Gasteiger partial charge is 0.484 e. The lowest BCUT2D eigenvalue weighted by molar-refractivity contribution is -0.121. The highest BCUT2D eigenvalue weighted by Crippen LogP contribution is 2.11. The number of thiocarbonyl (C=S) groups is 1. The second-order valence-electron chi connectivity index (χ2n) is 5.43. The number of amides is 2. The van der Waals surface area contributed by atoms with Crippen LogP contribution in [0.5, 0.6) is 5.75 Å². The van der Waals surface area contributed by atoms with Crippen molar-refractivity contribution < 1.29 is 14.3 Å². The van der Waals surface area contributed by atoms with Gasteiger partial charge in [0.15, 0.2) is 11.7 Å². The van der Waals surface area contributed by atoms with Crippen molar-refractivity contribution in [1.82, 2.24) is 16.2 Å². The number of hydrazine groups is 1. The summed E-state index contributed by atoms with van der Waals surface area (Å²) >= 11 is 4.96. The molecule has 2 aromatic carbocycles. The zero-order chi connectivity index (χ0) is 18.2. The first-order valence-electron chi connectivity index (χ1n) is 7.60. The zero-order valence-electron chi connectivity index (χ0n) is 14.0. The highest BCUT2D eigenvalue weighted by Gasteiger charge is 2.08. The predicted molar refractivity (Wildman–Crippen MR) is 99.2 cm³/mol. The summed E-state index contributed by atoms with van der Waals surface area (Å²) < 4.78 is 5.37. The summed E-state index contributed by atoms with van der Waals surface area (Å²) in [5.74, 6) is -0.182.